The molecule has 1 amide bonds. The van der Waals surface area contributed by atoms with Crippen LogP contribution < -0.4 is 5.32 Å². The first kappa shape index (κ1) is 18.4. The molecule has 26 heavy (non-hydrogen) atoms. The van der Waals surface area contributed by atoms with Crippen LogP contribution in [0, 0.1) is 6.92 Å². The minimum Gasteiger partial charge on any atom is -0.480 e. The van der Waals surface area contributed by atoms with Crippen molar-refractivity contribution in [2.75, 3.05) is 19.0 Å². The molecule has 0 unspecified atom stereocenters. The number of aromatic nitrogens is 3. The summed E-state index contributed by atoms with van der Waals surface area (Å²) in [6.07, 6.45) is 2.11. The lowest BCUT2D eigenvalue weighted by Gasteiger charge is -2.33. The van der Waals surface area contributed by atoms with Gasteiger partial charge >= 0.3 is 5.97 Å². The summed E-state index contributed by atoms with van der Waals surface area (Å²) in [7, 11) is 0. The number of carboxylic acid groups (broad SMARTS) is 1. The largest absolute Gasteiger partial charge is 0.480 e. The standard InChI is InChI=1S/C17H20N4O4S/c1-12-2-4-13(5-3-12)21-11-18-20-16(21)26-10-14(22)19-17(15(23)24)6-8-25-9-7-17/h2-5,11H,6-10H2,1H3,(H,19,22)(H,23,24). The molecule has 0 saturated carbocycles. The number of rotatable bonds is 6. The Morgan fingerprint density at radius 3 is 2.65 bits per heavy atom. The highest BCUT2D eigenvalue weighted by atomic mass is 32.2. The third-order valence-corrected chi connectivity index (χ3v) is 5.24. The number of benzene rings is 1. The van der Waals surface area contributed by atoms with Gasteiger partial charge in [-0.1, -0.05) is 29.5 Å². The Labute approximate surface area is 154 Å². The number of carboxylic acids is 1. The molecule has 0 atom stereocenters. The molecule has 2 aromatic rings. The molecule has 0 aliphatic carbocycles. The highest BCUT2D eigenvalue weighted by molar-refractivity contribution is 7.99. The minimum atomic E-state index is -1.25. The highest BCUT2D eigenvalue weighted by Crippen LogP contribution is 2.23. The Bertz CT molecular complexity index is 784. The van der Waals surface area contributed by atoms with Gasteiger partial charge in [-0.3, -0.25) is 9.36 Å². The third-order valence-electron chi connectivity index (χ3n) is 4.30. The quantitative estimate of drug-likeness (QED) is 0.734. The van der Waals surface area contributed by atoms with Crippen molar-refractivity contribution in [1.29, 1.82) is 0 Å². The number of aliphatic carboxylic acids is 1. The summed E-state index contributed by atoms with van der Waals surface area (Å²) in [5.41, 5.74) is 0.793. The van der Waals surface area contributed by atoms with E-state index in [9.17, 15) is 14.7 Å². The van der Waals surface area contributed by atoms with Crippen molar-refractivity contribution in [1.82, 2.24) is 20.1 Å². The average Bonchev–Trinajstić information content (AvgIpc) is 3.10. The highest BCUT2D eigenvalue weighted by Gasteiger charge is 2.41. The van der Waals surface area contributed by atoms with Crippen LogP contribution >= 0.6 is 11.8 Å². The Kier molecular flexibility index (Phi) is 5.58. The van der Waals surface area contributed by atoms with Crippen molar-refractivity contribution in [2.24, 2.45) is 0 Å². The van der Waals surface area contributed by atoms with E-state index < -0.39 is 11.5 Å². The van der Waals surface area contributed by atoms with Crippen LogP contribution in [0.4, 0.5) is 0 Å². The zero-order valence-electron chi connectivity index (χ0n) is 14.3. The number of nitrogens with zero attached hydrogens (tertiary/aromatic N) is 3. The normalized spacial score (nSPS) is 16.2. The van der Waals surface area contributed by atoms with Crippen LogP contribution in [0.1, 0.15) is 18.4 Å². The van der Waals surface area contributed by atoms with Crippen LogP contribution in [0.25, 0.3) is 5.69 Å². The van der Waals surface area contributed by atoms with E-state index in [1.165, 1.54) is 11.8 Å². The van der Waals surface area contributed by atoms with Gasteiger partial charge in [0.15, 0.2) is 5.16 Å². The molecule has 2 N–H and O–H groups in total. The SMILES string of the molecule is Cc1ccc(-n2cnnc2SCC(=O)NC2(C(=O)O)CCOCC2)cc1. The van der Waals surface area contributed by atoms with Crippen LogP contribution in [0.2, 0.25) is 0 Å². The number of nitrogens with one attached hydrogen (secondary N) is 1. The lowest BCUT2D eigenvalue weighted by atomic mass is 9.90. The fourth-order valence-electron chi connectivity index (χ4n) is 2.75. The predicted molar refractivity (Wildman–Crippen MR) is 95.4 cm³/mol. The number of aryl methyl sites for hydroxylation is 1. The number of thioether (sulfide) groups is 1. The van der Waals surface area contributed by atoms with Gasteiger partial charge in [-0.05, 0) is 19.1 Å². The van der Waals surface area contributed by atoms with Crippen molar-refractivity contribution >= 4 is 23.6 Å². The van der Waals surface area contributed by atoms with Gasteiger partial charge in [-0.25, -0.2) is 4.79 Å². The first-order valence-electron chi connectivity index (χ1n) is 8.22. The molecule has 1 aliphatic rings. The summed E-state index contributed by atoms with van der Waals surface area (Å²) >= 11 is 1.21. The summed E-state index contributed by atoms with van der Waals surface area (Å²) in [4.78, 5) is 23.9. The van der Waals surface area contributed by atoms with Crippen LogP contribution in [-0.2, 0) is 14.3 Å². The third kappa shape index (κ3) is 4.05. The Morgan fingerprint density at radius 2 is 2.00 bits per heavy atom. The predicted octanol–water partition coefficient (Wildman–Crippen LogP) is 1.42. The Balaban J connectivity index is 1.64. The van der Waals surface area contributed by atoms with Crippen LogP contribution in [0.15, 0.2) is 35.7 Å². The van der Waals surface area contributed by atoms with E-state index in [1.807, 2.05) is 31.2 Å². The first-order valence-corrected chi connectivity index (χ1v) is 9.21. The lowest BCUT2D eigenvalue weighted by Crippen LogP contribution is -2.57. The molecule has 0 bridgehead atoms. The molecule has 1 fully saturated rings. The minimum absolute atomic E-state index is 0.0560. The molecular formula is C17H20N4O4S. The van der Waals surface area contributed by atoms with E-state index in [2.05, 4.69) is 15.5 Å². The second-order valence-electron chi connectivity index (χ2n) is 6.16. The number of hydrogen-bond acceptors (Lipinski definition) is 6. The monoisotopic (exact) mass is 376 g/mol. The summed E-state index contributed by atoms with van der Waals surface area (Å²) in [5, 5.41) is 20.7. The van der Waals surface area contributed by atoms with E-state index >= 15 is 0 Å². The molecule has 138 valence electrons. The van der Waals surface area contributed by atoms with Gasteiger partial charge in [-0.15, -0.1) is 10.2 Å². The van der Waals surface area contributed by atoms with E-state index in [0.29, 0.717) is 18.4 Å². The summed E-state index contributed by atoms with van der Waals surface area (Å²) in [6, 6.07) is 7.87. The maximum atomic E-state index is 12.3. The topological polar surface area (TPSA) is 106 Å². The van der Waals surface area contributed by atoms with Crippen LogP contribution in [0.5, 0.6) is 0 Å². The number of hydrogen-bond donors (Lipinski definition) is 2. The van der Waals surface area contributed by atoms with Gasteiger partial charge in [0.05, 0.1) is 5.75 Å². The maximum absolute atomic E-state index is 12.3. The fourth-order valence-corrected chi connectivity index (χ4v) is 3.48. The molecule has 0 spiro atoms. The van der Waals surface area contributed by atoms with Gasteiger partial charge in [0, 0.05) is 31.7 Å². The smallest absolute Gasteiger partial charge is 0.329 e. The summed E-state index contributed by atoms with van der Waals surface area (Å²) in [6.45, 7) is 2.65. The zero-order chi connectivity index (χ0) is 18.6. The van der Waals surface area contributed by atoms with Crippen molar-refractivity contribution in [3.8, 4) is 5.69 Å². The molecule has 1 saturated heterocycles. The maximum Gasteiger partial charge on any atom is 0.329 e. The van der Waals surface area contributed by atoms with Crippen molar-refractivity contribution in [3.63, 3.8) is 0 Å². The average molecular weight is 376 g/mol. The Hall–Kier alpha value is -2.39. The van der Waals surface area contributed by atoms with E-state index in [1.54, 1.807) is 10.9 Å². The second-order valence-corrected chi connectivity index (χ2v) is 7.10. The van der Waals surface area contributed by atoms with Crippen molar-refractivity contribution in [2.45, 2.75) is 30.5 Å². The molecule has 3 rings (SSSR count). The molecule has 0 radical (unpaired) electrons. The fraction of sp³-hybridized carbons (Fsp3) is 0.412. The van der Waals surface area contributed by atoms with Crippen LogP contribution in [0.3, 0.4) is 0 Å². The number of carbonyl (C=O) groups excluding carboxylic acids is 1. The van der Waals surface area contributed by atoms with E-state index in [-0.39, 0.29) is 24.5 Å². The molecule has 2 heterocycles. The summed E-state index contributed by atoms with van der Waals surface area (Å²) < 4.78 is 7.00. The molecule has 9 heteroatoms. The Morgan fingerprint density at radius 1 is 1.31 bits per heavy atom. The molecule has 8 nitrogen and oxygen atoms in total. The molecule has 1 aliphatic heterocycles. The van der Waals surface area contributed by atoms with Gasteiger partial charge in [0.1, 0.15) is 11.9 Å². The lowest BCUT2D eigenvalue weighted by molar-refractivity contribution is -0.151. The number of ether oxygens (including phenoxy) is 1. The van der Waals surface area contributed by atoms with Gasteiger partial charge in [-0.2, -0.15) is 0 Å². The second kappa shape index (κ2) is 7.88. The molecule has 1 aromatic carbocycles. The first-order chi connectivity index (χ1) is 12.5. The van der Waals surface area contributed by atoms with Crippen LogP contribution in [-0.4, -0.2) is 56.3 Å². The van der Waals surface area contributed by atoms with Gasteiger partial charge in [0.2, 0.25) is 5.91 Å². The zero-order valence-corrected chi connectivity index (χ0v) is 15.2. The summed E-state index contributed by atoms with van der Waals surface area (Å²) in [5.74, 6) is -1.32. The molecular weight excluding hydrogens is 356 g/mol. The van der Waals surface area contributed by atoms with Gasteiger partial charge in [0.25, 0.3) is 0 Å². The van der Waals surface area contributed by atoms with E-state index in [4.69, 9.17) is 4.74 Å². The number of amides is 1. The molecule has 1 aromatic heterocycles. The van der Waals surface area contributed by atoms with Gasteiger partial charge < -0.3 is 15.2 Å². The van der Waals surface area contributed by atoms with Crippen molar-refractivity contribution in [3.05, 3.63) is 36.2 Å². The number of carbonyl (C=O) groups is 2. The van der Waals surface area contributed by atoms with Crippen molar-refractivity contribution < 1.29 is 19.4 Å². The van der Waals surface area contributed by atoms with E-state index in [0.717, 1.165) is 11.3 Å².